The fourth-order valence-electron chi connectivity index (χ4n) is 4.46. The number of anilines is 1. The van der Waals surface area contributed by atoms with Gasteiger partial charge in [-0.25, -0.2) is 9.59 Å². The van der Waals surface area contributed by atoms with Gasteiger partial charge in [0.2, 0.25) is 17.9 Å². The molecule has 0 radical (unpaired) electrons. The third-order valence-electron chi connectivity index (χ3n) is 6.01. The maximum Gasteiger partial charge on any atom is 0.352 e. The van der Waals surface area contributed by atoms with Crippen LogP contribution >= 0.6 is 0 Å². The van der Waals surface area contributed by atoms with Crippen molar-refractivity contribution in [2.75, 3.05) is 11.5 Å². The maximum atomic E-state index is 12.9. The lowest BCUT2D eigenvalue weighted by atomic mass is 9.81. The molecule has 2 aromatic rings. The van der Waals surface area contributed by atoms with Crippen molar-refractivity contribution < 1.29 is 28.7 Å². The number of ether oxygens (including phenoxy) is 2. The Hall–Kier alpha value is -3.48. The minimum absolute atomic E-state index is 0.142. The highest BCUT2D eigenvalue weighted by Crippen LogP contribution is 2.40. The molecule has 4 rings (SSSR count). The van der Waals surface area contributed by atoms with Crippen molar-refractivity contribution in [1.82, 2.24) is 0 Å². The molecule has 0 unspecified atom stereocenters. The van der Waals surface area contributed by atoms with E-state index < -0.39 is 18.0 Å². The van der Waals surface area contributed by atoms with Crippen LogP contribution in [0.4, 0.5) is 5.69 Å². The van der Waals surface area contributed by atoms with Crippen molar-refractivity contribution in [3.8, 4) is 0 Å². The zero-order chi connectivity index (χ0) is 22.7. The van der Waals surface area contributed by atoms with Crippen molar-refractivity contribution >= 4 is 29.4 Å². The quantitative estimate of drug-likeness (QED) is 0.506. The molecule has 3 atom stereocenters. The molecule has 0 bridgehead atoms. The Balaban J connectivity index is 1.57. The standard InChI is InChI=1S/C25H25NO6/c1-2-31-25(30)21(16-9-4-3-5-10-16)32-24(29)17-11-8-12-18(15-17)26-22(27)19-13-6-7-14-20(19)23(26)28/h3-5,8-12,15,19-21H,2,6-7,13-14H2,1H3/t19-,20-,21-/m0/s1. The summed E-state index contributed by atoms with van der Waals surface area (Å²) in [4.78, 5) is 52.3. The molecule has 2 aromatic carbocycles. The molecule has 0 N–H and O–H groups in total. The maximum absolute atomic E-state index is 12.9. The smallest absolute Gasteiger partial charge is 0.352 e. The van der Waals surface area contributed by atoms with Gasteiger partial charge in [0.05, 0.1) is 29.7 Å². The largest absolute Gasteiger partial charge is 0.463 e. The van der Waals surface area contributed by atoms with Gasteiger partial charge in [-0.05, 0) is 38.0 Å². The van der Waals surface area contributed by atoms with Crippen LogP contribution in [0.25, 0.3) is 0 Å². The van der Waals surface area contributed by atoms with Crippen molar-refractivity contribution in [2.24, 2.45) is 11.8 Å². The number of imide groups is 1. The van der Waals surface area contributed by atoms with Crippen molar-refractivity contribution in [2.45, 2.75) is 38.7 Å². The molecule has 1 aliphatic heterocycles. The molecule has 1 saturated heterocycles. The van der Waals surface area contributed by atoms with Crippen LogP contribution in [-0.2, 0) is 23.9 Å². The summed E-state index contributed by atoms with van der Waals surface area (Å²) in [6.45, 7) is 1.82. The number of benzene rings is 2. The number of hydrogen-bond donors (Lipinski definition) is 0. The fourth-order valence-corrected chi connectivity index (χ4v) is 4.46. The third-order valence-corrected chi connectivity index (χ3v) is 6.01. The monoisotopic (exact) mass is 435 g/mol. The van der Waals surface area contributed by atoms with Gasteiger partial charge in [0, 0.05) is 5.56 Å². The first-order valence-corrected chi connectivity index (χ1v) is 10.9. The molecule has 32 heavy (non-hydrogen) atoms. The van der Waals surface area contributed by atoms with E-state index in [-0.39, 0.29) is 35.8 Å². The molecular formula is C25H25NO6. The van der Waals surface area contributed by atoms with Crippen molar-refractivity contribution in [3.63, 3.8) is 0 Å². The molecule has 2 aliphatic rings. The van der Waals surface area contributed by atoms with Gasteiger partial charge in [-0.15, -0.1) is 0 Å². The molecule has 0 aromatic heterocycles. The normalized spacial score (nSPS) is 21.1. The van der Waals surface area contributed by atoms with Gasteiger partial charge in [-0.2, -0.15) is 0 Å². The first-order valence-electron chi connectivity index (χ1n) is 10.9. The van der Waals surface area contributed by atoms with Gasteiger partial charge in [0.1, 0.15) is 0 Å². The van der Waals surface area contributed by atoms with Crippen molar-refractivity contribution in [3.05, 3.63) is 65.7 Å². The molecular weight excluding hydrogens is 410 g/mol. The van der Waals surface area contributed by atoms with Gasteiger partial charge in [-0.3, -0.25) is 14.5 Å². The van der Waals surface area contributed by atoms with Crippen LogP contribution in [0.3, 0.4) is 0 Å². The summed E-state index contributed by atoms with van der Waals surface area (Å²) in [5, 5.41) is 0. The van der Waals surface area contributed by atoms with E-state index in [0.717, 1.165) is 12.8 Å². The van der Waals surface area contributed by atoms with E-state index in [1.807, 2.05) is 0 Å². The zero-order valence-electron chi connectivity index (χ0n) is 17.9. The van der Waals surface area contributed by atoms with Crippen LogP contribution in [0.1, 0.15) is 54.6 Å². The third kappa shape index (κ3) is 4.15. The summed E-state index contributed by atoms with van der Waals surface area (Å²) in [5.74, 6) is -2.39. The Kier molecular flexibility index (Phi) is 6.35. The Bertz CT molecular complexity index is 1010. The first-order chi connectivity index (χ1) is 15.5. The van der Waals surface area contributed by atoms with E-state index >= 15 is 0 Å². The number of fused-ring (bicyclic) bond motifs is 1. The second-order valence-corrected chi connectivity index (χ2v) is 8.01. The zero-order valence-corrected chi connectivity index (χ0v) is 17.9. The number of amides is 2. The second kappa shape index (κ2) is 9.34. The highest BCUT2D eigenvalue weighted by Gasteiger charge is 2.48. The Morgan fingerprint density at radius 1 is 0.969 bits per heavy atom. The number of carbonyl (C=O) groups excluding carboxylic acids is 4. The van der Waals surface area contributed by atoms with Crippen LogP contribution in [0.2, 0.25) is 0 Å². The molecule has 1 heterocycles. The van der Waals surface area contributed by atoms with E-state index in [1.165, 1.54) is 17.0 Å². The van der Waals surface area contributed by atoms with Gasteiger partial charge in [0.15, 0.2) is 0 Å². The van der Waals surface area contributed by atoms with E-state index in [2.05, 4.69) is 0 Å². The predicted octanol–water partition coefficient (Wildman–Crippen LogP) is 3.83. The molecule has 7 heteroatoms. The highest BCUT2D eigenvalue weighted by molar-refractivity contribution is 6.22. The number of esters is 2. The Morgan fingerprint density at radius 3 is 2.25 bits per heavy atom. The topological polar surface area (TPSA) is 90.0 Å². The summed E-state index contributed by atoms with van der Waals surface area (Å²) in [7, 11) is 0. The van der Waals surface area contributed by atoms with Crippen LogP contribution < -0.4 is 4.90 Å². The van der Waals surface area contributed by atoms with E-state index in [0.29, 0.717) is 24.1 Å². The van der Waals surface area contributed by atoms with Gasteiger partial charge in [-0.1, -0.05) is 49.2 Å². The molecule has 2 fully saturated rings. The second-order valence-electron chi connectivity index (χ2n) is 8.01. The lowest BCUT2D eigenvalue weighted by Crippen LogP contribution is -2.31. The van der Waals surface area contributed by atoms with E-state index in [4.69, 9.17) is 9.47 Å². The molecule has 0 spiro atoms. The molecule has 166 valence electrons. The van der Waals surface area contributed by atoms with Crippen LogP contribution in [-0.4, -0.2) is 30.4 Å². The summed E-state index contributed by atoms with van der Waals surface area (Å²) < 4.78 is 10.6. The fraction of sp³-hybridized carbons (Fsp3) is 0.360. The minimum Gasteiger partial charge on any atom is -0.463 e. The van der Waals surface area contributed by atoms with Crippen LogP contribution in [0.15, 0.2) is 54.6 Å². The Morgan fingerprint density at radius 2 is 1.62 bits per heavy atom. The molecule has 1 aliphatic carbocycles. The lowest BCUT2D eigenvalue weighted by molar-refractivity contribution is -0.153. The first kappa shape index (κ1) is 21.7. The average molecular weight is 435 g/mol. The van der Waals surface area contributed by atoms with E-state index in [9.17, 15) is 19.2 Å². The van der Waals surface area contributed by atoms with Crippen LogP contribution in [0, 0.1) is 11.8 Å². The molecule has 1 saturated carbocycles. The summed E-state index contributed by atoms with van der Waals surface area (Å²) in [6, 6.07) is 14.8. The van der Waals surface area contributed by atoms with Gasteiger partial charge < -0.3 is 9.47 Å². The summed E-state index contributed by atoms with van der Waals surface area (Å²) in [5.41, 5.74) is 0.976. The highest BCUT2D eigenvalue weighted by atomic mass is 16.6. The molecule has 2 amide bonds. The Labute approximate surface area is 186 Å². The number of hydrogen-bond acceptors (Lipinski definition) is 6. The summed E-state index contributed by atoms with van der Waals surface area (Å²) >= 11 is 0. The van der Waals surface area contributed by atoms with Crippen molar-refractivity contribution in [1.29, 1.82) is 0 Å². The van der Waals surface area contributed by atoms with Gasteiger partial charge in [0.25, 0.3) is 0 Å². The summed E-state index contributed by atoms with van der Waals surface area (Å²) in [6.07, 6.45) is 2.09. The van der Waals surface area contributed by atoms with Gasteiger partial charge >= 0.3 is 11.9 Å². The van der Waals surface area contributed by atoms with Crippen LogP contribution in [0.5, 0.6) is 0 Å². The number of nitrogens with zero attached hydrogens (tertiary/aromatic N) is 1. The minimum atomic E-state index is -1.22. The average Bonchev–Trinajstić information content (AvgIpc) is 3.08. The SMILES string of the molecule is CCOC(=O)[C@@H](OC(=O)c1cccc(N2C(=O)[C@H]3CCCC[C@@H]3C2=O)c1)c1ccccc1. The predicted molar refractivity (Wildman–Crippen MR) is 116 cm³/mol. The number of carbonyl (C=O) groups is 4. The number of rotatable bonds is 6. The van der Waals surface area contributed by atoms with E-state index in [1.54, 1.807) is 49.4 Å². The molecule has 7 nitrogen and oxygen atoms in total. The lowest BCUT2D eigenvalue weighted by Gasteiger charge is -2.19.